The van der Waals surface area contributed by atoms with Crippen molar-refractivity contribution in [3.8, 4) is 17.2 Å². The van der Waals surface area contributed by atoms with Gasteiger partial charge in [0.2, 0.25) is 0 Å². The molecular weight excluding hydrogens is 383 g/mol. The first-order valence-electron chi connectivity index (χ1n) is 9.72. The minimum atomic E-state index is -3.93. The summed E-state index contributed by atoms with van der Waals surface area (Å²) in [5, 5.41) is 0. The molecule has 0 amide bonds. The molecule has 0 saturated heterocycles. The van der Waals surface area contributed by atoms with Gasteiger partial charge in [-0.25, -0.2) is 0 Å². The average Bonchev–Trinajstić information content (AvgIpc) is 2.68. The molecule has 29 heavy (non-hydrogen) atoms. The van der Waals surface area contributed by atoms with Crippen LogP contribution in [0.5, 0.6) is 17.2 Å². The summed E-state index contributed by atoms with van der Waals surface area (Å²) >= 11 is 0. The Balaban J connectivity index is 0.000000941. The van der Waals surface area contributed by atoms with Gasteiger partial charge >= 0.3 is 7.82 Å². The Labute approximate surface area is 174 Å². The third kappa shape index (κ3) is 7.67. The molecule has 0 unspecified atom stereocenters. The van der Waals surface area contributed by atoms with Crippen molar-refractivity contribution in [2.75, 3.05) is 0 Å². The zero-order chi connectivity index (χ0) is 21.3. The lowest BCUT2D eigenvalue weighted by Crippen LogP contribution is -2.07. The fourth-order valence-electron chi connectivity index (χ4n) is 2.24. The van der Waals surface area contributed by atoms with E-state index in [4.69, 9.17) is 13.6 Å². The Morgan fingerprint density at radius 1 is 0.552 bits per heavy atom. The van der Waals surface area contributed by atoms with Gasteiger partial charge in [-0.2, -0.15) is 4.57 Å². The van der Waals surface area contributed by atoms with Crippen LogP contribution in [0.3, 0.4) is 0 Å². The highest BCUT2D eigenvalue weighted by molar-refractivity contribution is 7.49. The lowest BCUT2D eigenvalue weighted by atomic mass is 10.2. The van der Waals surface area contributed by atoms with Crippen LogP contribution in [-0.2, 0) is 4.57 Å². The zero-order valence-corrected chi connectivity index (χ0v) is 18.6. The Bertz CT molecular complexity index is 794. The molecule has 0 saturated carbocycles. The van der Waals surface area contributed by atoms with Crippen LogP contribution in [-0.4, -0.2) is 0 Å². The topological polar surface area (TPSA) is 44.8 Å². The van der Waals surface area contributed by atoms with E-state index in [1.54, 1.807) is 36.4 Å². The van der Waals surface area contributed by atoms with Crippen LogP contribution < -0.4 is 13.6 Å². The van der Waals surface area contributed by atoms with E-state index < -0.39 is 7.82 Å². The number of rotatable bonds is 6. The standard InChI is InChI=1S/C21H21O4P.C3H8/c1-16-4-10-19(11-5-16)23-26(22,24-20-12-6-17(2)7-13-20)25-21-14-8-18(3)9-15-21;1-3-2/h4-15H,1-3H3;3H2,1-2H3. The van der Waals surface area contributed by atoms with Gasteiger partial charge < -0.3 is 13.6 Å². The molecule has 0 spiro atoms. The van der Waals surface area contributed by atoms with E-state index in [9.17, 15) is 4.57 Å². The molecule has 0 heterocycles. The third-order valence-corrected chi connectivity index (χ3v) is 5.02. The second-order valence-electron chi connectivity index (χ2n) is 6.87. The van der Waals surface area contributed by atoms with Crippen molar-refractivity contribution in [3.05, 3.63) is 89.5 Å². The normalized spacial score (nSPS) is 10.5. The van der Waals surface area contributed by atoms with Crippen LogP contribution in [0.25, 0.3) is 0 Å². The quantitative estimate of drug-likeness (QED) is 0.390. The SMILES string of the molecule is CCC.Cc1ccc(OP(=O)(Oc2ccc(C)cc2)Oc2ccc(C)cc2)cc1. The maximum absolute atomic E-state index is 13.3. The summed E-state index contributed by atoms with van der Waals surface area (Å²) in [6.07, 6.45) is 1.25. The number of phosphoric ester groups is 1. The highest BCUT2D eigenvalue weighted by Crippen LogP contribution is 2.49. The number of benzene rings is 3. The summed E-state index contributed by atoms with van der Waals surface area (Å²) in [5.74, 6) is 1.24. The molecule has 0 atom stereocenters. The van der Waals surface area contributed by atoms with Gasteiger partial charge in [0.05, 0.1) is 0 Å². The van der Waals surface area contributed by atoms with Crippen molar-refractivity contribution in [3.63, 3.8) is 0 Å². The Kier molecular flexibility index (Phi) is 8.35. The molecule has 5 heteroatoms. The average molecular weight is 412 g/mol. The van der Waals surface area contributed by atoms with E-state index in [0.29, 0.717) is 17.2 Å². The van der Waals surface area contributed by atoms with Gasteiger partial charge in [-0.05, 0) is 57.2 Å². The Morgan fingerprint density at radius 3 is 0.966 bits per heavy atom. The summed E-state index contributed by atoms with van der Waals surface area (Å²) in [6.45, 7) is 10.2. The maximum Gasteiger partial charge on any atom is 0.647 e. The molecule has 0 aliphatic carbocycles. The summed E-state index contributed by atoms with van der Waals surface area (Å²) < 4.78 is 30.2. The lowest BCUT2D eigenvalue weighted by molar-refractivity contribution is 0.298. The highest BCUT2D eigenvalue weighted by atomic mass is 31.2. The first-order valence-corrected chi connectivity index (χ1v) is 11.2. The zero-order valence-electron chi connectivity index (χ0n) is 17.7. The molecule has 0 aliphatic heterocycles. The van der Waals surface area contributed by atoms with Gasteiger partial charge in [-0.15, -0.1) is 0 Å². The minimum absolute atomic E-state index is 0.415. The Morgan fingerprint density at radius 2 is 0.759 bits per heavy atom. The monoisotopic (exact) mass is 412 g/mol. The van der Waals surface area contributed by atoms with E-state index in [0.717, 1.165) is 16.7 Å². The number of hydrogen-bond donors (Lipinski definition) is 0. The van der Waals surface area contributed by atoms with E-state index in [2.05, 4.69) is 13.8 Å². The van der Waals surface area contributed by atoms with E-state index in [1.807, 2.05) is 57.2 Å². The molecule has 0 aliphatic rings. The highest BCUT2D eigenvalue weighted by Gasteiger charge is 2.33. The Hall–Kier alpha value is -2.71. The van der Waals surface area contributed by atoms with Crippen LogP contribution in [0.1, 0.15) is 37.0 Å². The van der Waals surface area contributed by atoms with E-state index in [-0.39, 0.29) is 0 Å². The molecule has 3 rings (SSSR count). The fraction of sp³-hybridized carbons (Fsp3) is 0.250. The summed E-state index contributed by atoms with van der Waals surface area (Å²) in [6, 6.07) is 21.6. The fourth-order valence-corrected chi connectivity index (χ4v) is 3.49. The number of hydrogen-bond acceptors (Lipinski definition) is 4. The predicted molar refractivity (Wildman–Crippen MR) is 119 cm³/mol. The first kappa shape index (κ1) is 22.6. The van der Waals surface area contributed by atoms with Crippen LogP contribution in [0.4, 0.5) is 0 Å². The molecule has 0 N–H and O–H groups in total. The van der Waals surface area contributed by atoms with Gasteiger partial charge in [0.15, 0.2) is 0 Å². The van der Waals surface area contributed by atoms with E-state index in [1.165, 1.54) is 6.42 Å². The summed E-state index contributed by atoms with van der Waals surface area (Å²) in [5.41, 5.74) is 3.23. The van der Waals surface area contributed by atoms with Crippen molar-refractivity contribution in [1.82, 2.24) is 0 Å². The van der Waals surface area contributed by atoms with Crippen LogP contribution in [0.15, 0.2) is 72.8 Å². The first-order chi connectivity index (χ1) is 13.8. The van der Waals surface area contributed by atoms with Crippen LogP contribution in [0.2, 0.25) is 0 Å². The molecule has 3 aromatic carbocycles. The minimum Gasteiger partial charge on any atom is -0.386 e. The second kappa shape index (κ2) is 10.7. The molecule has 0 fully saturated rings. The van der Waals surface area contributed by atoms with Crippen LogP contribution in [0, 0.1) is 20.8 Å². The third-order valence-electron chi connectivity index (χ3n) is 3.71. The van der Waals surface area contributed by atoms with Gasteiger partial charge in [0, 0.05) is 0 Å². The van der Waals surface area contributed by atoms with Crippen molar-refractivity contribution in [2.45, 2.75) is 41.0 Å². The molecule has 0 radical (unpaired) electrons. The molecule has 154 valence electrons. The van der Waals surface area contributed by atoms with Gasteiger partial charge in [0.25, 0.3) is 0 Å². The van der Waals surface area contributed by atoms with Crippen molar-refractivity contribution >= 4 is 7.82 Å². The lowest BCUT2D eigenvalue weighted by Gasteiger charge is -2.19. The maximum atomic E-state index is 13.3. The van der Waals surface area contributed by atoms with Gasteiger partial charge in [-0.1, -0.05) is 73.4 Å². The largest absolute Gasteiger partial charge is 0.647 e. The summed E-state index contributed by atoms with van der Waals surface area (Å²) in [7, 11) is -3.93. The van der Waals surface area contributed by atoms with Crippen molar-refractivity contribution in [1.29, 1.82) is 0 Å². The second-order valence-corrected chi connectivity index (χ2v) is 8.31. The molecule has 0 bridgehead atoms. The number of phosphoric acid groups is 1. The summed E-state index contributed by atoms with van der Waals surface area (Å²) in [4.78, 5) is 0. The van der Waals surface area contributed by atoms with Gasteiger partial charge in [-0.3, -0.25) is 0 Å². The van der Waals surface area contributed by atoms with Crippen molar-refractivity contribution < 1.29 is 18.1 Å². The van der Waals surface area contributed by atoms with E-state index >= 15 is 0 Å². The van der Waals surface area contributed by atoms with Crippen molar-refractivity contribution in [2.24, 2.45) is 0 Å². The van der Waals surface area contributed by atoms with Crippen LogP contribution >= 0.6 is 7.82 Å². The molecular formula is C24H29O4P. The smallest absolute Gasteiger partial charge is 0.386 e. The molecule has 4 nitrogen and oxygen atoms in total. The predicted octanol–water partition coefficient (Wildman–Crippen LogP) is 7.67. The van der Waals surface area contributed by atoms with Gasteiger partial charge in [0.1, 0.15) is 17.2 Å². The number of aryl methyl sites for hydroxylation is 3. The molecule has 0 aromatic heterocycles. The molecule has 3 aromatic rings.